The number of hydrogen-bond acceptors (Lipinski definition) is 3. The third kappa shape index (κ3) is 3.09. The third-order valence-electron chi connectivity index (χ3n) is 2.74. The fourth-order valence-corrected chi connectivity index (χ4v) is 1.82. The summed E-state index contributed by atoms with van der Waals surface area (Å²) in [6.07, 6.45) is -2.44. The molecule has 3 nitrogen and oxygen atoms in total. The minimum absolute atomic E-state index is 0.613. The number of hydrogen-bond donors (Lipinski definition) is 1. The van der Waals surface area contributed by atoms with Gasteiger partial charge >= 0.3 is 6.18 Å². The fraction of sp³-hybridized carbons (Fsp3) is 0.545. The van der Waals surface area contributed by atoms with Gasteiger partial charge in [0.05, 0.1) is 5.56 Å². The number of anilines is 1. The van der Waals surface area contributed by atoms with Crippen molar-refractivity contribution in [1.29, 1.82) is 0 Å². The van der Waals surface area contributed by atoms with E-state index < -0.39 is 11.7 Å². The first kappa shape index (κ1) is 12.2. The number of nitrogens with zero attached hydrogens (tertiary/aromatic N) is 2. The molecule has 6 heteroatoms. The Morgan fingerprint density at radius 2 is 2.00 bits per heavy atom. The molecule has 0 spiro atoms. The van der Waals surface area contributed by atoms with E-state index in [0.29, 0.717) is 5.82 Å². The summed E-state index contributed by atoms with van der Waals surface area (Å²) < 4.78 is 37.1. The van der Waals surface area contributed by atoms with Crippen molar-refractivity contribution in [2.24, 2.45) is 0 Å². The Bertz CT molecular complexity index is 353. The molecule has 1 aliphatic rings. The minimum Gasteiger partial charge on any atom is -0.355 e. The number of rotatable bonds is 1. The summed E-state index contributed by atoms with van der Waals surface area (Å²) in [6, 6.07) is 2.52. The second-order valence-corrected chi connectivity index (χ2v) is 3.99. The molecule has 0 atom stereocenters. The lowest BCUT2D eigenvalue weighted by atomic mass is 10.2. The molecular weight excluding hydrogens is 231 g/mol. The number of nitrogens with one attached hydrogen (secondary N) is 1. The molecule has 0 amide bonds. The van der Waals surface area contributed by atoms with E-state index in [-0.39, 0.29) is 0 Å². The van der Waals surface area contributed by atoms with Crippen LogP contribution in [0.15, 0.2) is 18.3 Å². The Morgan fingerprint density at radius 3 is 2.65 bits per heavy atom. The Kier molecular flexibility index (Phi) is 3.51. The molecule has 1 aromatic rings. The summed E-state index contributed by atoms with van der Waals surface area (Å²) in [5.74, 6) is 0.613. The first-order valence-electron chi connectivity index (χ1n) is 5.56. The van der Waals surface area contributed by atoms with Crippen LogP contribution in [-0.2, 0) is 6.18 Å². The van der Waals surface area contributed by atoms with Gasteiger partial charge in [-0.2, -0.15) is 13.2 Å². The predicted molar refractivity (Wildman–Crippen MR) is 58.9 cm³/mol. The van der Waals surface area contributed by atoms with Gasteiger partial charge < -0.3 is 10.2 Å². The van der Waals surface area contributed by atoms with E-state index >= 15 is 0 Å². The smallest absolute Gasteiger partial charge is 0.355 e. The number of aromatic nitrogens is 1. The van der Waals surface area contributed by atoms with E-state index in [2.05, 4.69) is 10.3 Å². The highest BCUT2D eigenvalue weighted by molar-refractivity contribution is 5.40. The van der Waals surface area contributed by atoms with Crippen molar-refractivity contribution >= 4 is 5.82 Å². The highest BCUT2D eigenvalue weighted by atomic mass is 19.4. The second kappa shape index (κ2) is 4.91. The van der Waals surface area contributed by atoms with E-state index in [0.717, 1.165) is 44.9 Å². The van der Waals surface area contributed by atoms with E-state index in [9.17, 15) is 13.2 Å². The molecule has 1 aromatic heterocycles. The van der Waals surface area contributed by atoms with Crippen molar-refractivity contribution in [3.05, 3.63) is 23.9 Å². The highest BCUT2D eigenvalue weighted by Gasteiger charge is 2.30. The standard InChI is InChI=1S/C11H14F3N3/c12-11(13,14)9-2-3-10(16-8-9)17-6-1-4-15-5-7-17/h2-3,8,15H,1,4-7H2. The molecule has 0 aliphatic carbocycles. The first-order chi connectivity index (χ1) is 8.07. The Balaban J connectivity index is 2.11. The van der Waals surface area contributed by atoms with Crippen LogP contribution < -0.4 is 10.2 Å². The van der Waals surface area contributed by atoms with Gasteiger partial charge in [0.1, 0.15) is 5.82 Å². The Morgan fingerprint density at radius 1 is 1.18 bits per heavy atom. The van der Waals surface area contributed by atoms with Gasteiger partial charge in [0.25, 0.3) is 0 Å². The topological polar surface area (TPSA) is 28.2 Å². The lowest BCUT2D eigenvalue weighted by molar-refractivity contribution is -0.137. The quantitative estimate of drug-likeness (QED) is 0.819. The predicted octanol–water partition coefficient (Wildman–Crippen LogP) is 1.90. The monoisotopic (exact) mass is 245 g/mol. The van der Waals surface area contributed by atoms with Crippen LogP contribution in [0.5, 0.6) is 0 Å². The minimum atomic E-state index is -4.31. The number of alkyl halides is 3. The van der Waals surface area contributed by atoms with Gasteiger partial charge in [-0.15, -0.1) is 0 Å². The zero-order chi connectivity index (χ0) is 12.3. The molecule has 2 heterocycles. The molecule has 0 bridgehead atoms. The molecule has 0 unspecified atom stereocenters. The summed E-state index contributed by atoms with van der Waals surface area (Å²) in [7, 11) is 0. The zero-order valence-electron chi connectivity index (χ0n) is 9.30. The molecule has 17 heavy (non-hydrogen) atoms. The van der Waals surface area contributed by atoms with Crippen molar-refractivity contribution in [3.63, 3.8) is 0 Å². The van der Waals surface area contributed by atoms with Gasteiger partial charge in [0.15, 0.2) is 0 Å². The summed E-state index contributed by atoms with van der Waals surface area (Å²) in [5.41, 5.74) is -0.700. The summed E-state index contributed by atoms with van der Waals surface area (Å²) in [6.45, 7) is 3.38. The van der Waals surface area contributed by atoms with Crippen LogP contribution in [-0.4, -0.2) is 31.2 Å². The third-order valence-corrected chi connectivity index (χ3v) is 2.74. The second-order valence-electron chi connectivity index (χ2n) is 3.99. The zero-order valence-corrected chi connectivity index (χ0v) is 9.30. The lowest BCUT2D eigenvalue weighted by Crippen LogP contribution is -2.28. The van der Waals surface area contributed by atoms with Crippen molar-refractivity contribution in [2.75, 3.05) is 31.1 Å². The van der Waals surface area contributed by atoms with Crippen molar-refractivity contribution < 1.29 is 13.2 Å². The van der Waals surface area contributed by atoms with Gasteiger partial charge in [-0.3, -0.25) is 0 Å². The van der Waals surface area contributed by atoms with Crippen LogP contribution in [0.3, 0.4) is 0 Å². The Hall–Kier alpha value is -1.30. The lowest BCUT2D eigenvalue weighted by Gasteiger charge is -2.21. The van der Waals surface area contributed by atoms with Crippen LogP contribution in [0.1, 0.15) is 12.0 Å². The van der Waals surface area contributed by atoms with E-state index in [1.54, 1.807) is 0 Å². The maximum atomic E-state index is 12.4. The maximum absolute atomic E-state index is 12.4. The molecule has 1 aliphatic heterocycles. The molecule has 94 valence electrons. The van der Waals surface area contributed by atoms with E-state index in [4.69, 9.17) is 0 Å². The van der Waals surface area contributed by atoms with Gasteiger partial charge in [0, 0.05) is 25.8 Å². The van der Waals surface area contributed by atoms with Gasteiger partial charge in [-0.05, 0) is 25.1 Å². The molecule has 2 rings (SSSR count). The molecule has 0 radical (unpaired) electrons. The normalized spacial score (nSPS) is 17.9. The highest BCUT2D eigenvalue weighted by Crippen LogP contribution is 2.29. The van der Waals surface area contributed by atoms with Crippen LogP contribution in [0.4, 0.5) is 19.0 Å². The van der Waals surface area contributed by atoms with Crippen LogP contribution in [0.25, 0.3) is 0 Å². The maximum Gasteiger partial charge on any atom is 0.417 e. The summed E-state index contributed by atoms with van der Waals surface area (Å²) in [5, 5.41) is 3.23. The molecule has 1 saturated heterocycles. The van der Waals surface area contributed by atoms with Gasteiger partial charge in [0.2, 0.25) is 0 Å². The van der Waals surface area contributed by atoms with Crippen LogP contribution >= 0.6 is 0 Å². The molecule has 0 saturated carbocycles. The van der Waals surface area contributed by atoms with Crippen molar-refractivity contribution in [1.82, 2.24) is 10.3 Å². The van der Waals surface area contributed by atoms with Crippen LogP contribution in [0, 0.1) is 0 Å². The van der Waals surface area contributed by atoms with Crippen molar-refractivity contribution in [2.45, 2.75) is 12.6 Å². The average Bonchev–Trinajstić information content (AvgIpc) is 2.56. The van der Waals surface area contributed by atoms with Gasteiger partial charge in [-0.1, -0.05) is 0 Å². The number of halogens is 3. The average molecular weight is 245 g/mol. The SMILES string of the molecule is FC(F)(F)c1ccc(N2CCCNCC2)nc1. The summed E-state index contributed by atoms with van der Waals surface area (Å²) in [4.78, 5) is 5.89. The largest absolute Gasteiger partial charge is 0.417 e. The van der Waals surface area contributed by atoms with E-state index in [1.165, 1.54) is 6.07 Å². The summed E-state index contributed by atoms with van der Waals surface area (Å²) >= 11 is 0. The van der Waals surface area contributed by atoms with Crippen molar-refractivity contribution in [3.8, 4) is 0 Å². The fourth-order valence-electron chi connectivity index (χ4n) is 1.82. The number of pyridine rings is 1. The van der Waals surface area contributed by atoms with Gasteiger partial charge in [-0.25, -0.2) is 4.98 Å². The molecule has 0 aromatic carbocycles. The Labute approximate surface area is 97.6 Å². The van der Waals surface area contributed by atoms with Crippen LogP contribution in [0.2, 0.25) is 0 Å². The molecule has 1 fully saturated rings. The van der Waals surface area contributed by atoms with E-state index in [1.807, 2.05) is 4.90 Å². The molecule has 1 N–H and O–H groups in total. The first-order valence-corrected chi connectivity index (χ1v) is 5.56. The molecular formula is C11H14F3N3.